The number of nitrogens with one attached hydrogen (secondary N) is 2. The van der Waals surface area contributed by atoms with E-state index in [0.29, 0.717) is 0 Å². The summed E-state index contributed by atoms with van der Waals surface area (Å²) in [6, 6.07) is 0.115. The first kappa shape index (κ1) is 16.2. The van der Waals surface area contributed by atoms with E-state index in [-0.39, 0.29) is 42.7 Å². The molecule has 6 heteroatoms. The van der Waals surface area contributed by atoms with Gasteiger partial charge < -0.3 is 15.5 Å². The highest BCUT2D eigenvalue weighted by Crippen LogP contribution is 2.10. The highest BCUT2D eigenvalue weighted by Gasteiger charge is 2.26. The fraction of sp³-hybridized carbons (Fsp3) is 0.818. The van der Waals surface area contributed by atoms with Gasteiger partial charge in [-0.25, -0.2) is 0 Å². The second-order valence-electron chi connectivity index (χ2n) is 4.61. The summed E-state index contributed by atoms with van der Waals surface area (Å²) in [6.07, 6.45) is 0.870. The minimum atomic E-state index is -0.100. The van der Waals surface area contributed by atoms with Gasteiger partial charge in [0.15, 0.2) is 0 Å². The molecule has 1 fully saturated rings. The number of carbonyl (C=O) groups excluding carboxylic acids is 2. The van der Waals surface area contributed by atoms with Crippen molar-refractivity contribution in [1.82, 2.24) is 15.5 Å². The van der Waals surface area contributed by atoms with E-state index in [0.717, 1.165) is 19.5 Å². The van der Waals surface area contributed by atoms with Crippen molar-refractivity contribution in [2.45, 2.75) is 26.3 Å². The van der Waals surface area contributed by atoms with Crippen LogP contribution in [0.15, 0.2) is 0 Å². The van der Waals surface area contributed by atoms with E-state index in [1.54, 1.807) is 7.05 Å². The van der Waals surface area contributed by atoms with Crippen LogP contribution in [0.25, 0.3) is 0 Å². The second-order valence-corrected chi connectivity index (χ2v) is 4.61. The van der Waals surface area contributed by atoms with Gasteiger partial charge in [0.1, 0.15) is 0 Å². The van der Waals surface area contributed by atoms with Gasteiger partial charge in [-0.05, 0) is 26.8 Å². The zero-order chi connectivity index (χ0) is 12.1. The van der Waals surface area contributed by atoms with E-state index in [4.69, 9.17) is 0 Å². The molecule has 0 aromatic carbocycles. The van der Waals surface area contributed by atoms with Gasteiger partial charge in [-0.1, -0.05) is 0 Å². The molecule has 2 N–H and O–H groups in total. The first-order valence-corrected chi connectivity index (χ1v) is 5.75. The molecule has 1 aliphatic heterocycles. The Bertz CT molecular complexity index is 265. The molecule has 0 aliphatic carbocycles. The van der Waals surface area contributed by atoms with Crippen molar-refractivity contribution >= 4 is 24.2 Å². The monoisotopic (exact) mass is 263 g/mol. The van der Waals surface area contributed by atoms with Crippen molar-refractivity contribution in [1.29, 1.82) is 0 Å². The summed E-state index contributed by atoms with van der Waals surface area (Å²) in [4.78, 5) is 24.8. The Hall–Kier alpha value is -0.810. The molecule has 2 amide bonds. The molecule has 0 aromatic rings. The Morgan fingerprint density at radius 1 is 1.47 bits per heavy atom. The maximum Gasteiger partial charge on any atom is 0.239 e. The van der Waals surface area contributed by atoms with Crippen LogP contribution >= 0.6 is 12.4 Å². The molecule has 1 heterocycles. The van der Waals surface area contributed by atoms with Crippen molar-refractivity contribution < 1.29 is 9.59 Å². The quantitative estimate of drug-likeness (QED) is 0.751. The largest absolute Gasteiger partial charge is 0.352 e. The maximum absolute atomic E-state index is 11.9. The van der Waals surface area contributed by atoms with Crippen LogP contribution in [0.4, 0.5) is 0 Å². The van der Waals surface area contributed by atoms with Gasteiger partial charge in [0.25, 0.3) is 0 Å². The van der Waals surface area contributed by atoms with Crippen LogP contribution < -0.4 is 10.6 Å². The zero-order valence-corrected chi connectivity index (χ0v) is 11.5. The van der Waals surface area contributed by atoms with Crippen LogP contribution in [0.5, 0.6) is 0 Å². The highest BCUT2D eigenvalue weighted by molar-refractivity contribution is 5.86. The van der Waals surface area contributed by atoms with Crippen molar-refractivity contribution in [3.63, 3.8) is 0 Å². The van der Waals surface area contributed by atoms with Crippen LogP contribution in [0, 0.1) is 5.92 Å². The Labute approximate surface area is 109 Å². The van der Waals surface area contributed by atoms with Gasteiger partial charge in [0.05, 0.1) is 12.5 Å². The number of hydrogen-bond acceptors (Lipinski definition) is 3. The number of carbonyl (C=O) groups is 2. The fourth-order valence-corrected chi connectivity index (χ4v) is 1.84. The van der Waals surface area contributed by atoms with Crippen LogP contribution in [0.1, 0.15) is 20.3 Å². The minimum Gasteiger partial charge on any atom is -0.352 e. The van der Waals surface area contributed by atoms with E-state index in [1.165, 1.54) is 4.90 Å². The van der Waals surface area contributed by atoms with Crippen molar-refractivity contribution in [3.05, 3.63) is 0 Å². The summed E-state index contributed by atoms with van der Waals surface area (Å²) in [5, 5.41) is 5.92. The molecule has 1 unspecified atom stereocenters. The van der Waals surface area contributed by atoms with Gasteiger partial charge in [0, 0.05) is 19.6 Å². The van der Waals surface area contributed by atoms with Crippen molar-refractivity contribution in [2.24, 2.45) is 5.92 Å². The van der Waals surface area contributed by atoms with Crippen LogP contribution in [-0.2, 0) is 9.59 Å². The zero-order valence-electron chi connectivity index (χ0n) is 10.7. The molecule has 100 valence electrons. The highest BCUT2D eigenvalue weighted by atomic mass is 35.5. The van der Waals surface area contributed by atoms with E-state index in [2.05, 4.69) is 10.6 Å². The number of likely N-dealkylation sites (N-methyl/N-ethyl adjacent to an activating group) is 1. The molecule has 1 rings (SSSR count). The third-order valence-corrected chi connectivity index (χ3v) is 2.62. The standard InChI is InChI=1S/C11H21N3O2.ClH/c1-8(2)13-10(15)7-14(3)11(16)9-4-5-12-6-9;/h8-9,12H,4-7H2,1-3H3,(H,13,15);1H. The predicted octanol–water partition coefficient (Wildman–Crippen LogP) is 0.000700. The van der Waals surface area contributed by atoms with Crippen molar-refractivity contribution in [3.8, 4) is 0 Å². The number of amides is 2. The van der Waals surface area contributed by atoms with Crippen LogP contribution in [0.2, 0.25) is 0 Å². The van der Waals surface area contributed by atoms with Gasteiger partial charge >= 0.3 is 0 Å². The lowest BCUT2D eigenvalue weighted by molar-refractivity contribution is -0.137. The molecule has 17 heavy (non-hydrogen) atoms. The third-order valence-electron chi connectivity index (χ3n) is 2.62. The van der Waals surface area contributed by atoms with Crippen LogP contribution in [0.3, 0.4) is 0 Å². The van der Waals surface area contributed by atoms with Crippen molar-refractivity contribution in [2.75, 3.05) is 26.7 Å². The Morgan fingerprint density at radius 2 is 2.12 bits per heavy atom. The van der Waals surface area contributed by atoms with Gasteiger partial charge in [-0.3, -0.25) is 9.59 Å². The lowest BCUT2D eigenvalue weighted by Gasteiger charge is -2.20. The number of hydrogen-bond donors (Lipinski definition) is 2. The predicted molar refractivity (Wildman–Crippen MR) is 69.1 cm³/mol. The summed E-state index contributed by atoms with van der Waals surface area (Å²) in [6.45, 7) is 5.58. The smallest absolute Gasteiger partial charge is 0.239 e. The summed E-state index contributed by atoms with van der Waals surface area (Å²) >= 11 is 0. The van der Waals surface area contributed by atoms with E-state index in [9.17, 15) is 9.59 Å². The fourth-order valence-electron chi connectivity index (χ4n) is 1.84. The SMILES string of the molecule is CC(C)NC(=O)CN(C)C(=O)C1CCNC1.Cl. The molecular weight excluding hydrogens is 242 g/mol. The Morgan fingerprint density at radius 3 is 2.59 bits per heavy atom. The van der Waals surface area contributed by atoms with Gasteiger partial charge in [-0.2, -0.15) is 0 Å². The van der Waals surface area contributed by atoms with E-state index < -0.39 is 0 Å². The lowest BCUT2D eigenvalue weighted by Crippen LogP contribution is -2.43. The molecule has 0 saturated carbocycles. The molecule has 0 bridgehead atoms. The number of rotatable bonds is 4. The molecule has 0 spiro atoms. The average molecular weight is 264 g/mol. The summed E-state index contributed by atoms with van der Waals surface area (Å²) in [7, 11) is 1.68. The number of halogens is 1. The van der Waals surface area contributed by atoms with E-state index in [1.807, 2.05) is 13.8 Å². The number of nitrogens with zero attached hydrogens (tertiary/aromatic N) is 1. The topological polar surface area (TPSA) is 61.4 Å². The molecule has 5 nitrogen and oxygen atoms in total. The summed E-state index contributed by atoms with van der Waals surface area (Å²) < 4.78 is 0. The third kappa shape index (κ3) is 5.37. The normalized spacial score (nSPS) is 18.7. The Kier molecular flexibility index (Phi) is 7.15. The molecule has 0 aromatic heterocycles. The second kappa shape index (κ2) is 7.50. The summed E-state index contributed by atoms with van der Waals surface area (Å²) in [5.74, 6) is -0.00226. The lowest BCUT2D eigenvalue weighted by atomic mass is 10.1. The van der Waals surface area contributed by atoms with Gasteiger partial charge in [-0.15, -0.1) is 12.4 Å². The molecule has 1 aliphatic rings. The maximum atomic E-state index is 11.9. The molecule has 0 radical (unpaired) electrons. The Balaban J connectivity index is 0.00000256. The van der Waals surface area contributed by atoms with Crippen LogP contribution in [-0.4, -0.2) is 49.4 Å². The average Bonchev–Trinajstić information content (AvgIpc) is 2.67. The van der Waals surface area contributed by atoms with E-state index >= 15 is 0 Å². The first-order valence-electron chi connectivity index (χ1n) is 5.75. The first-order chi connectivity index (χ1) is 7.50. The molecule has 1 saturated heterocycles. The minimum absolute atomic E-state index is 0. The van der Waals surface area contributed by atoms with Gasteiger partial charge in [0.2, 0.25) is 11.8 Å². The summed E-state index contributed by atoms with van der Waals surface area (Å²) in [5.41, 5.74) is 0. The molecular formula is C11H22ClN3O2. The molecule has 1 atom stereocenters.